The highest BCUT2D eigenvalue weighted by Gasteiger charge is 2.33. The smallest absolute Gasteiger partial charge is 0.194 e. The molecule has 0 radical (unpaired) electrons. The van der Waals surface area contributed by atoms with Crippen molar-refractivity contribution in [2.24, 2.45) is 5.92 Å². The lowest BCUT2D eigenvalue weighted by Gasteiger charge is -2.22. The average molecular weight is 438 g/mol. The molecule has 0 spiro atoms. The van der Waals surface area contributed by atoms with Crippen molar-refractivity contribution in [3.8, 4) is 28.4 Å². The Morgan fingerprint density at radius 1 is 0.938 bits per heavy atom. The van der Waals surface area contributed by atoms with Crippen molar-refractivity contribution >= 4 is 5.78 Å². The maximum Gasteiger partial charge on any atom is 0.194 e. The summed E-state index contributed by atoms with van der Waals surface area (Å²) in [6.07, 6.45) is 6.55. The van der Waals surface area contributed by atoms with Gasteiger partial charge in [0, 0.05) is 28.3 Å². The lowest BCUT2D eigenvalue weighted by atomic mass is 9.95. The van der Waals surface area contributed by atoms with E-state index < -0.39 is 0 Å². The lowest BCUT2D eigenvalue weighted by Crippen LogP contribution is -2.29. The molecular weight excluding hydrogens is 402 g/mol. The lowest BCUT2D eigenvalue weighted by molar-refractivity contribution is 0.104. The number of ether oxygens (including phenoxy) is 3. The molecule has 0 bridgehead atoms. The third-order valence-electron chi connectivity index (χ3n) is 6.19. The van der Waals surface area contributed by atoms with E-state index in [1.807, 2.05) is 30.3 Å². The van der Waals surface area contributed by atoms with Crippen LogP contribution in [0.25, 0.3) is 11.1 Å². The van der Waals surface area contributed by atoms with E-state index in [1.54, 1.807) is 0 Å². The van der Waals surface area contributed by atoms with Crippen molar-refractivity contribution in [1.29, 1.82) is 0 Å². The molecular formula is C27H35NO4. The van der Waals surface area contributed by atoms with Crippen molar-refractivity contribution in [2.45, 2.75) is 52.4 Å². The van der Waals surface area contributed by atoms with Gasteiger partial charge in [-0.1, -0.05) is 26.0 Å². The Bertz CT molecular complexity index is 933. The first-order valence-corrected chi connectivity index (χ1v) is 12.2. The summed E-state index contributed by atoms with van der Waals surface area (Å²) < 4.78 is 18.2. The molecule has 1 N–H and O–H groups in total. The van der Waals surface area contributed by atoms with E-state index in [1.165, 1.54) is 19.3 Å². The number of piperidine rings is 1. The molecule has 2 aliphatic rings. The first-order valence-electron chi connectivity index (χ1n) is 12.2. The minimum absolute atomic E-state index is 0.0111. The summed E-state index contributed by atoms with van der Waals surface area (Å²) in [6.45, 7) is 8.25. The Morgan fingerprint density at radius 2 is 1.72 bits per heavy atom. The molecule has 2 aromatic rings. The van der Waals surface area contributed by atoms with Crippen LogP contribution >= 0.6 is 0 Å². The van der Waals surface area contributed by atoms with Crippen LogP contribution in [0.5, 0.6) is 17.2 Å². The van der Waals surface area contributed by atoms with E-state index in [0.717, 1.165) is 55.1 Å². The number of fused-ring (bicyclic) bond motifs is 3. The predicted octanol–water partition coefficient (Wildman–Crippen LogP) is 5.63. The van der Waals surface area contributed by atoms with Gasteiger partial charge in [0.2, 0.25) is 0 Å². The molecule has 0 amide bonds. The van der Waals surface area contributed by atoms with Crippen molar-refractivity contribution in [3.63, 3.8) is 0 Å². The number of hydrogen-bond acceptors (Lipinski definition) is 5. The van der Waals surface area contributed by atoms with Gasteiger partial charge in [0.1, 0.15) is 17.2 Å². The van der Waals surface area contributed by atoms with Crippen LogP contribution in [-0.2, 0) is 0 Å². The zero-order valence-corrected chi connectivity index (χ0v) is 19.4. The zero-order chi connectivity index (χ0) is 22.3. The Morgan fingerprint density at radius 3 is 2.50 bits per heavy atom. The van der Waals surface area contributed by atoms with E-state index >= 15 is 0 Å². The molecule has 1 saturated heterocycles. The van der Waals surface area contributed by atoms with Crippen LogP contribution < -0.4 is 19.5 Å². The Kier molecular flexibility index (Phi) is 7.69. The molecule has 1 aliphatic heterocycles. The first-order chi connectivity index (χ1) is 15.7. The second-order valence-electron chi connectivity index (χ2n) is 8.75. The largest absolute Gasteiger partial charge is 0.493 e. The van der Waals surface area contributed by atoms with Crippen LogP contribution in [0.15, 0.2) is 30.3 Å². The molecule has 4 rings (SSSR count). The summed E-state index contributed by atoms with van der Waals surface area (Å²) in [7, 11) is 0. The summed E-state index contributed by atoms with van der Waals surface area (Å²) in [4.78, 5) is 13.3. The summed E-state index contributed by atoms with van der Waals surface area (Å²) in [5.41, 5.74) is 3.03. The van der Waals surface area contributed by atoms with Gasteiger partial charge in [0.15, 0.2) is 5.78 Å². The maximum absolute atomic E-state index is 13.3. The van der Waals surface area contributed by atoms with Gasteiger partial charge in [-0.15, -0.1) is 0 Å². The van der Waals surface area contributed by atoms with Crippen LogP contribution in [0, 0.1) is 5.92 Å². The minimum Gasteiger partial charge on any atom is -0.493 e. The van der Waals surface area contributed by atoms with Crippen molar-refractivity contribution in [2.75, 3.05) is 32.9 Å². The molecule has 5 heteroatoms. The molecule has 0 saturated carbocycles. The average Bonchev–Trinajstić information content (AvgIpc) is 3.12. The second kappa shape index (κ2) is 10.9. The van der Waals surface area contributed by atoms with E-state index in [2.05, 4.69) is 19.2 Å². The SMILES string of the molecule is CCCOc1cc(OCCC)c2c(c1)C(=O)c1cccc(OCCCC3CCCNC3)c1-2. The number of ketones is 1. The van der Waals surface area contributed by atoms with Crippen LogP contribution in [0.1, 0.15) is 68.3 Å². The highest BCUT2D eigenvalue weighted by Crippen LogP contribution is 2.49. The highest BCUT2D eigenvalue weighted by atomic mass is 16.5. The number of carbonyl (C=O) groups excluding carboxylic acids is 1. The van der Waals surface area contributed by atoms with Crippen LogP contribution in [0.4, 0.5) is 0 Å². The third-order valence-corrected chi connectivity index (χ3v) is 6.19. The number of hydrogen-bond donors (Lipinski definition) is 1. The number of benzene rings is 2. The number of rotatable bonds is 11. The topological polar surface area (TPSA) is 56.8 Å². The van der Waals surface area contributed by atoms with Gasteiger partial charge in [-0.25, -0.2) is 0 Å². The molecule has 1 heterocycles. The molecule has 1 unspecified atom stereocenters. The van der Waals surface area contributed by atoms with E-state index in [4.69, 9.17) is 14.2 Å². The van der Waals surface area contributed by atoms with Crippen molar-refractivity contribution < 1.29 is 19.0 Å². The maximum atomic E-state index is 13.3. The van der Waals surface area contributed by atoms with Gasteiger partial charge in [-0.05, 0) is 69.7 Å². The van der Waals surface area contributed by atoms with Gasteiger partial charge >= 0.3 is 0 Å². The summed E-state index contributed by atoms with van der Waals surface area (Å²) in [5.74, 6) is 2.90. The van der Waals surface area contributed by atoms with Gasteiger partial charge < -0.3 is 19.5 Å². The Hall–Kier alpha value is -2.53. The third kappa shape index (κ3) is 4.93. The second-order valence-corrected chi connectivity index (χ2v) is 8.75. The fourth-order valence-electron chi connectivity index (χ4n) is 4.62. The summed E-state index contributed by atoms with van der Waals surface area (Å²) >= 11 is 0. The zero-order valence-electron chi connectivity index (χ0n) is 19.4. The van der Waals surface area contributed by atoms with Gasteiger partial charge in [-0.3, -0.25) is 4.79 Å². The molecule has 32 heavy (non-hydrogen) atoms. The molecule has 1 fully saturated rings. The van der Waals surface area contributed by atoms with E-state index in [0.29, 0.717) is 42.4 Å². The Balaban J connectivity index is 1.57. The monoisotopic (exact) mass is 437 g/mol. The molecule has 2 aromatic carbocycles. The standard InChI is InChI=1S/C27H35NO4/c1-3-13-30-20-16-22-26(24(17-20)31-14-4-2)25-21(27(22)29)10-5-11-23(25)32-15-7-9-19-8-6-12-28-18-19/h5,10-11,16-17,19,28H,3-4,6-9,12-15,18H2,1-2H3. The summed E-state index contributed by atoms with van der Waals surface area (Å²) in [6, 6.07) is 9.53. The van der Waals surface area contributed by atoms with Crippen molar-refractivity contribution in [1.82, 2.24) is 5.32 Å². The van der Waals surface area contributed by atoms with Crippen LogP contribution in [-0.4, -0.2) is 38.7 Å². The van der Waals surface area contributed by atoms with Crippen molar-refractivity contribution in [3.05, 3.63) is 41.5 Å². The number of carbonyl (C=O) groups is 1. The Labute approximate surface area is 191 Å². The molecule has 0 aromatic heterocycles. The van der Waals surface area contributed by atoms with Crippen LogP contribution in [0.2, 0.25) is 0 Å². The van der Waals surface area contributed by atoms with Gasteiger partial charge in [0.25, 0.3) is 0 Å². The highest BCUT2D eigenvalue weighted by molar-refractivity contribution is 6.23. The molecule has 5 nitrogen and oxygen atoms in total. The number of nitrogens with one attached hydrogen (secondary N) is 1. The van der Waals surface area contributed by atoms with Gasteiger partial charge in [-0.2, -0.15) is 0 Å². The van der Waals surface area contributed by atoms with Crippen LogP contribution in [0.3, 0.4) is 0 Å². The van der Waals surface area contributed by atoms with E-state index in [-0.39, 0.29) is 5.78 Å². The van der Waals surface area contributed by atoms with Gasteiger partial charge in [0.05, 0.1) is 19.8 Å². The van der Waals surface area contributed by atoms with E-state index in [9.17, 15) is 4.79 Å². The summed E-state index contributed by atoms with van der Waals surface area (Å²) in [5, 5.41) is 3.48. The quantitative estimate of drug-likeness (QED) is 0.394. The fraction of sp³-hybridized carbons (Fsp3) is 0.519. The molecule has 172 valence electrons. The predicted molar refractivity (Wildman–Crippen MR) is 127 cm³/mol. The fourth-order valence-corrected chi connectivity index (χ4v) is 4.62. The first kappa shape index (κ1) is 22.7. The normalized spacial score (nSPS) is 17.1. The molecule has 1 aliphatic carbocycles. The molecule has 1 atom stereocenters. The minimum atomic E-state index is 0.0111.